The first kappa shape index (κ1) is 17.5. The van der Waals surface area contributed by atoms with Gasteiger partial charge in [-0.3, -0.25) is 4.79 Å². The van der Waals surface area contributed by atoms with Gasteiger partial charge in [0.2, 0.25) is 5.91 Å². The number of rotatable bonds is 3. The van der Waals surface area contributed by atoms with Crippen molar-refractivity contribution in [3.8, 4) is 0 Å². The SMILES string of the molecule is C[C@@H](C(=O)N1CCCCCC1)S(=O)(=O)[C@@H]1CCCc2ccccc21. The molecule has 1 amide bonds. The number of amides is 1. The van der Waals surface area contributed by atoms with Crippen LogP contribution >= 0.6 is 0 Å². The second-order valence-corrected chi connectivity index (χ2v) is 9.50. The molecule has 1 saturated heterocycles. The van der Waals surface area contributed by atoms with Crippen molar-refractivity contribution in [2.24, 2.45) is 0 Å². The van der Waals surface area contributed by atoms with Crippen LogP contribution in [0.4, 0.5) is 0 Å². The number of hydrogen-bond donors (Lipinski definition) is 0. The summed E-state index contributed by atoms with van der Waals surface area (Å²) >= 11 is 0. The van der Waals surface area contributed by atoms with Crippen molar-refractivity contribution in [1.29, 1.82) is 0 Å². The molecule has 0 spiro atoms. The highest BCUT2D eigenvalue weighted by molar-refractivity contribution is 7.93. The van der Waals surface area contributed by atoms with Crippen LogP contribution in [0.15, 0.2) is 24.3 Å². The van der Waals surface area contributed by atoms with Gasteiger partial charge in [0.15, 0.2) is 9.84 Å². The molecule has 0 N–H and O–H groups in total. The van der Waals surface area contributed by atoms with E-state index in [9.17, 15) is 13.2 Å². The first-order valence-electron chi connectivity index (χ1n) is 9.11. The van der Waals surface area contributed by atoms with E-state index in [0.717, 1.165) is 49.7 Å². The highest BCUT2D eigenvalue weighted by Gasteiger charge is 2.40. The molecule has 0 saturated carbocycles. The van der Waals surface area contributed by atoms with Crippen molar-refractivity contribution in [3.05, 3.63) is 35.4 Å². The minimum Gasteiger partial charge on any atom is -0.342 e. The summed E-state index contributed by atoms with van der Waals surface area (Å²) < 4.78 is 26.3. The molecule has 4 nitrogen and oxygen atoms in total. The van der Waals surface area contributed by atoms with Gasteiger partial charge < -0.3 is 4.90 Å². The van der Waals surface area contributed by atoms with E-state index in [0.29, 0.717) is 19.5 Å². The summed E-state index contributed by atoms with van der Waals surface area (Å²) in [6.07, 6.45) is 6.62. The van der Waals surface area contributed by atoms with Crippen LogP contribution in [0.3, 0.4) is 0 Å². The highest BCUT2D eigenvalue weighted by Crippen LogP contribution is 2.37. The Kier molecular flexibility index (Phi) is 5.28. The van der Waals surface area contributed by atoms with Gasteiger partial charge in [-0.25, -0.2) is 8.42 Å². The van der Waals surface area contributed by atoms with Crippen molar-refractivity contribution >= 4 is 15.7 Å². The van der Waals surface area contributed by atoms with E-state index in [1.54, 1.807) is 11.8 Å². The zero-order valence-electron chi connectivity index (χ0n) is 14.4. The van der Waals surface area contributed by atoms with E-state index in [1.807, 2.05) is 24.3 Å². The average Bonchev–Trinajstić information content (AvgIpc) is 2.89. The lowest BCUT2D eigenvalue weighted by atomic mass is 9.91. The van der Waals surface area contributed by atoms with Gasteiger partial charge in [0.25, 0.3) is 0 Å². The number of carbonyl (C=O) groups excluding carboxylic acids is 1. The summed E-state index contributed by atoms with van der Waals surface area (Å²) in [6, 6.07) is 7.78. The van der Waals surface area contributed by atoms with E-state index in [2.05, 4.69) is 0 Å². The van der Waals surface area contributed by atoms with Crippen LogP contribution in [0.1, 0.15) is 61.8 Å². The van der Waals surface area contributed by atoms with Gasteiger partial charge in [-0.15, -0.1) is 0 Å². The van der Waals surface area contributed by atoms with Crippen molar-refractivity contribution in [1.82, 2.24) is 4.90 Å². The van der Waals surface area contributed by atoms with Crippen LogP contribution in [0.25, 0.3) is 0 Å². The Bertz CT molecular complexity index is 690. The molecular weight excluding hydrogens is 322 g/mol. The van der Waals surface area contributed by atoms with Crippen LogP contribution in [-0.4, -0.2) is 37.6 Å². The van der Waals surface area contributed by atoms with E-state index < -0.39 is 20.3 Å². The first-order chi connectivity index (χ1) is 11.5. The molecule has 1 heterocycles. The van der Waals surface area contributed by atoms with Crippen LogP contribution in [0, 0.1) is 0 Å². The molecule has 5 heteroatoms. The minimum atomic E-state index is -3.53. The lowest BCUT2D eigenvalue weighted by Gasteiger charge is -2.30. The third kappa shape index (κ3) is 3.37. The Balaban J connectivity index is 1.83. The third-order valence-corrected chi connectivity index (χ3v) is 7.94. The number of hydrogen-bond acceptors (Lipinski definition) is 3. The summed E-state index contributed by atoms with van der Waals surface area (Å²) in [5.41, 5.74) is 2.02. The van der Waals surface area contributed by atoms with Gasteiger partial charge in [-0.05, 0) is 50.2 Å². The zero-order valence-corrected chi connectivity index (χ0v) is 15.2. The fourth-order valence-electron chi connectivity index (χ4n) is 3.99. The Morgan fingerprint density at radius 1 is 1.08 bits per heavy atom. The Morgan fingerprint density at radius 3 is 2.46 bits per heavy atom. The van der Waals surface area contributed by atoms with Crippen molar-refractivity contribution in [2.45, 2.75) is 62.4 Å². The molecule has 2 aliphatic rings. The molecule has 0 unspecified atom stereocenters. The third-order valence-electron chi connectivity index (χ3n) is 5.47. The molecule has 0 bridgehead atoms. The minimum absolute atomic E-state index is 0.208. The largest absolute Gasteiger partial charge is 0.342 e. The van der Waals surface area contributed by atoms with Gasteiger partial charge in [0.05, 0.1) is 5.25 Å². The standard InChI is InChI=1S/C19H27NO3S/c1-15(19(21)20-13-6-2-3-7-14-20)24(22,23)18-12-8-10-16-9-4-5-11-17(16)18/h4-5,9,11,15,18H,2-3,6-8,10,12-14H2,1H3/t15-,18+/m0/s1. The number of benzene rings is 1. The fourth-order valence-corrected chi connectivity index (χ4v) is 5.99. The second kappa shape index (κ2) is 7.26. The highest BCUT2D eigenvalue weighted by atomic mass is 32.2. The van der Waals surface area contributed by atoms with Gasteiger partial charge >= 0.3 is 0 Å². The number of nitrogens with zero attached hydrogens (tertiary/aromatic N) is 1. The summed E-state index contributed by atoms with van der Waals surface area (Å²) in [5, 5.41) is -1.49. The molecule has 0 radical (unpaired) electrons. The van der Waals surface area contributed by atoms with Crippen molar-refractivity contribution in [3.63, 3.8) is 0 Å². The molecular formula is C19H27NO3S. The van der Waals surface area contributed by atoms with Gasteiger partial charge in [-0.1, -0.05) is 37.1 Å². The topological polar surface area (TPSA) is 54.5 Å². The predicted molar refractivity (Wildman–Crippen MR) is 95.6 cm³/mol. The van der Waals surface area contributed by atoms with Crippen LogP contribution in [0.5, 0.6) is 0 Å². The van der Waals surface area contributed by atoms with Crippen LogP contribution in [0.2, 0.25) is 0 Å². The number of carbonyl (C=O) groups is 1. The molecule has 24 heavy (non-hydrogen) atoms. The number of aryl methyl sites for hydroxylation is 1. The van der Waals surface area contributed by atoms with E-state index in [1.165, 1.54) is 0 Å². The van der Waals surface area contributed by atoms with Crippen LogP contribution in [-0.2, 0) is 21.1 Å². The zero-order chi connectivity index (χ0) is 17.2. The van der Waals surface area contributed by atoms with Gasteiger partial charge in [0.1, 0.15) is 5.25 Å². The number of fused-ring (bicyclic) bond motifs is 1. The van der Waals surface area contributed by atoms with Crippen molar-refractivity contribution in [2.75, 3.05) is 13.1 Å². The molecule has 1 fully saturated rings. The predicted octanol–water partition coefficient (Wildman–Crippen LogP) is 3.27. The Hall–Kier alpha value is -1.36. The molecule has 132 valence electrons. The Labute approximate surface area is 145 Å². The maximum Gasteiger partial charge on any atom is 0.240 e. The lowest BCUT2D eigenvalue weighted by Crippen LogP contribution is -2.43. The molecule has 1 aliphatic carbocycles. The first-order valence-corrected chi connectivity index (χ1v) is 10.7. The van der Waals surface area contributed by atoms with E-state index in [-0.39, 0.29) is 5.91 Å². The average molecular weight is 349 g/mol. The molecule has 1 aliphatic heterocycles. The maximum atomic E-state index is 13.2. The van der Waals surface area contributed by atoms with Gasteiger partial charge in [0, 0.05) is 13.1 Å². The molecule has 2 atom stereocenters. The normalized spacial score (nSPS) is 23.2. The fraction of sp³-hybridized carbons (Fsp3) is 0.632. The lowest BCUT2D eigenvalue weighted by molar-refractivity contribution is -0.130. The number of likely N-dealkylation sites (tertiary alicyclic amines) is 1. The van der Waals surface area contributed by atoms with Gasteiger partial charge in [-0.2, -0.15) is 0 Å². The summed E-state index contributed by atoms with van der Waals surface area (Å²) in [4.78, 5) is 14.6. The maximum absolute atomic E-state index is 13.2. The van der Waals surface area contributed by atoms with E-state index in [4.69, 9.17) is 0 Å². The van der Waals surface area contributed by atoms with Crippen LogP contribution < -0.4 is 0 Å². The quantitative estimate of drug-likeness (QED) is 0.841. The molecule has 0 aromatic heterocycles. The molecule has 1 aromatic rings. The Morgan fingerprint density at radius 2 is 1.75 bits per heavy atom. The van der Waals surface area contributed by atoms with Crippen molar-refractivity contribution < 1.29 is 13.2 Å². The monoisotopic (exact) mass is 349 g/mol. The summed E-state index contributed by atoms with van der Waals surface area (Å²) in [7, 11) is -3.53. The molecule has 3 rings (SSSR count). The molecule has 1 aromatic carbocycles. The number of sulfone groups is 1. The smallest absolute Gasteiger partial charge is 0.240 e. The summed E-state index contributed by atoms with van der Waals surface area (Å²) in [5.74, 6) is -0.208. The second-order valence-electron chi connectivity index (χ2n) is 7.05. The summed E-state index contributed by atoms with van der Waals surface area (Å²) in [6.45, 7) is 2.97. The van der Waals surface area contributed by atoms with E-state index >= 15 is 0 Å².